The SMILES string of the molecule is CCOC(=O)c1cc(-c2cccc([N+](=O)[O-])c2)nn1C(=O)OCC. The molecular weight excluding hydrogens is 318 g/mol. The Balaban J connectivity index is 2.50. The summed E-state index contributed by atoms with van der Waals surface area (Å²) in [5, 5.41) is 14.9. The second-order valence-electron chi connectivity index (χ2n) is 4.55. The zero-order valence-corrected chi connectivity index (χ0v) is 13.1. The van der Waals surface area contributed by atoms with Crippen molar-refractivity contribution in [1.82, 2.24) is 9.78 Å². The molecule has 9 heteroatoms. The minimum atomic E-state index is -0.836. The second-order valence-corrected chi connectivity index (χ2v) is 4.55. The Morgan fingerprint density at radius 2 is 1.92 bits per heavy atom. The van der Waals surface area contributed by atoms with Gasteiger partial charge >= 0.3 is 12.1 Å². The molecule has 1 aromatic carbocycles. The number of hydrogen-bond donors (Lipinski definition) is 0. The number of non-ortho nitro benzene ring substituents is 1. The van der Waals surface area contributed by atoms with Gasteiger partial charge in [-0.3, -0.25) is 10.1 Å². The van der Waals surface area contributed by atoms with Gasteiger partial charge in [0, 0.05) is 17.7 Å². The van der Waals surface area contributed by atoms with Crippen molar-refractivity contribution in [2.75, 3.05) is 13.2 Å². The van der Waals surface area contributed by atoms with Crippen LogP contribution in [0.3, 0.4) is 0 Å². The number of carbonyl (C=O) groups excluding carboxylic acids is 2. The van der Waals surface area contributed by atoms with Crippen molar-refractivity contribution >= 4 is 17.7 Å². The molecule has 24 heavy (non-hydrogen) atoms. The van der Waals surface area contributed by atoms with Crippen LogP contribution in [0.2, 0.25) is 0 Å². The van der Waals surface area contributed by atoms with Crippen LogP contribution >= 0.6 is 0 Å². The Hall–Kier alpha value is -3.23. The summed E-state index contributed by atoms with van der Waals surface area (Å²) in [6, 6.07) is 7.03. The third-order valence-electron chi connectivity index (χ3n) is 2.99. The fourth-order valence-corrected chi connectivity index (χ4v) is 1.98. The van der Waals surface area contributed by atoms with Crippen molar-refractivity contribution in [1.29, 1.82) is 0 Å². The van der Waals surface area contributed by atoms with Crippen molar-refractivity contribution in [3.63, 3.8) is 0 Å². The van der Waals surface area contributed by atoms with Crippen LogP contribution in [0, 0.1) is 10.1 Å². The molecule has 0 aliphatic carbocycles. The number of aromatic nitrogens is 2. The summed E-state index contributed by atoms with van der Waals surface area (Å²) in [7, 11) is 0. The first kappa shape index (κ1) is 17.1. The van der Waals surface area contributed by atoms with Crippen molar-refractivity contribution in [3.8, 4) is 11.3 Å². The van der Waals surface area contributed by atoms with E-state index in [0.29, 0.717) is 5.56 Å². The molecule has 126 valence electrons. The molecule has 0 saturated heterocycles. The van der Waals surface area contributed by atoms with Gasteiger partial charge in [-0.15, -0.1) is 0 Å². The number of nitro groups is 1. The lowest BCUT2D eigenvalue weighted by atomic mass is 10.1. The molecule has 0 aliphatic rings. The molecule has 0 saturated carbocycles. The Kier molecular flexibility index (Phi) is 5.25. The average Bonchev–Trinajstić information content (AvgIpc) is 3.01. The van der Waals surface area contributed by atoms with E-state index in [1.807, 2.05) is 0 Å². The fraction of sp³-hybridized carbons (Fsp3) is 0.267. The standard InChI is InChI=1S/C15H15N3O6/c1-3-23-14(19)13-9-12(16-17(13)15(20)24-4-2)10-6-5-7-11(8-10)18(21)22/h5-9H,3-4H2,1-2H3. The van der Waals surface area contributed by atoms with E-state index in [-0.39, 0.29) is 30.3 Å². The highest BCUT2D eigenvalue weighted by Gasteiger charge is 2.23. The molecule has 2 aromatic rings. The van der Waals surface area contributed by atoms with Gasteiger partial charge in [0.1, 0.15) is 0 Å². The quantitative estimate of drug-likeness (QED) is 0.469. The number of nitrogens with zero attached hydrogens (tertiary/aromatic N) is 3. The van der Waals surface area contributed by atoms with Gasteiger partial charge in [-0.2, -0.15) is 9.78 Å². The maximum absolute atomic E-state index is 12.0. The van der Waals surface area contributed by atoms with E-state index in [4.69, 9.17) is 9.47 Å². The Morgan fingerprint density at radius 1 is 1.21 bits per heavy atom. The zero-order chi connectivity index (χ0) is 17.7. The van der Waals surface area contributed by atoms with E-state index in [0.717, 1.165) is 4.68 Å². The Morgan fingerprint density at radius 3 is 2.54 bits per heavy atom. The highest BCUT2D eigenvalue weighted by atomic mass is 16.6. The molecule has 0 spiro atoms. The largest absolute Gasteiger partial charge is 0.461 e. The van der Waals surface area contributed by atoms with E-state index in [9.17, 15) is 19.7 Å². The van der Waals surface area contributed by atoms with Crippen molar-refractivity contribution in [2.24, 2.45) is 0 Å². The van der Waals surface area contributed by atoms with Gasteiger partial charge in [0.05, 0.1) is 23.8 Å². The second kappa shape index (κ2) is 7.36. The summed E-state index contributed by atoms with van der Waals surface area (Å²) in [6.45, 7) is 3.48. The average molecular weight is 333 g/mol. The molecule has 0 N–H and O–H groups in total. The maximum Gasteiger partial charge on any atom is 0.435 e. The number of rotatable bonds is 5. The van der Waals surface area contributed by atoms with Gasteiger partial charge in [0.15, 0.2) is 5.69 Å². The van der Waals surface area contributed by atoms with E-state index in [1.165, 1.54) is 24.3 Å². The summed E-state index contributed by atoms with van der Waals surface area (Å²) in [4.78, 5) is 34.3. The summed E-state index contributed by atoms with van der Waals surface area (Å²) < 4.78 is 10.5. The summed E-state index contributed by atoms with van der Waals surface area (Å²) in [5.74, 6) is -0.741. The lowest BCUT2D eigenvalue weighted by Gasteiger charge is -2.05. The van der Waals surface area contributed by atoms with Crippen LogP contribution in [0.15, 0.2) is 30.3 Å². The molecule has 0 bridgehead atoms. The molecule has 1 heterocycles. The van der Waals surface area contributed by atoms with Crippen LogP contribution in [0.25, 0.3) is 11.3 Å². The minimum absolute atomic E-state index is 0.104. The van der Waals surface area contributed by atoms with Gasteiger partial charge in [-0.1, -0.05) is 12.1 Å². The lowest BCUT2D eigenvalue weighted by Crippen LogP contribution is -2.21. The normalized spacial score (nSPS) is 10.2. The van der Waals surface area contributed by atoms with Crippen LogP contribution < -0.4 is 0 Å². The molecule has 0 radical (unpaired) electrons. The van der Waals surface area contributed by atoms with Crippen molar-refractivity contribution in [3.05, 3.63) is 46.1 Å². The van der Waals surface area contributed by atoms with Crippen LogP contribution in [0.1, 0.15) is 24.3 Å². The first-order valence-corrected chi connectivity index (χ1v) is 7.17. The van der Waals surface area contributed by atoms with Gasteiger partial charge in [0.2, 0.25) is 0 Å². The van der Waals surface area contributed by atoms with Gasteiger partial charge in [-0.05, 0) is 19.9 Å². The van der Waals surface area contributed by atoms with E-state index < -0.39 is 17.0 Å². The van der Waals surface area contributed by atoms with Crippen LogP contribution in [-0.2, 0) is 9.47 Å². The molecule has 0 amide bonds. The van der Waals surface area contributed by atoms with Gasteiger partial charge < -0.3 is 9.47 Å². The van der Waals surface area contributed by atoms with Crippen LogP contribution in [0.4, 0.5) is 10.5 Å². The zero-order valence-electron chi connectivity index (χ0n) is 13.1. The molecule has 0 aliphatic heterocycles. The van der Waals surface area contributed by atoms with Gasteiger partial charge in [-0.25, -0.2) is 9.59 Å². The molecular formula is C15H15N3O6. The topological polar surface area (TPSA) is 114 Å². The fourth-order valence-electron chi connectivity index (χ4n) is 1.98. The highest BCUT2D eigenvalue weighted by molar-refractivity contribution is 5.93. The van der Waals surface area contributed by atoms with E-state index >= 15 is 0 Å². The van der Waals surface area contributed by atoms with Crippen LogP contribution in [0.5, 0.6) is 0 Å². The highest BCUT2D eigenvalue weighted by Crippen LogP contribution is 2.24. The monoisotopic (exact) mass is 333 g/mol. The van der Waals surface area contributed by atoms with Crippen molar-refractivity contribution in [2.45, 2.75) is 13.8 Å². The lowest BCUT2D eigenvalue weighted by molar-refractivity contribution is -0.384. The third kappa shape index (κ3) is 3.57. The first-order valence-electron chi connectivity index (χ1n) is 7.17. The summed E-state index contributed by atoms with van der Waals surface area (Å²) in [5.41, 5.74) is 0.361. The Labute approximate surface area is 136 Å². The molecule has 1 aromatic heterocycles. The minimum Gasteiger partial charge on any atom is -0.461 e. The molecule has 2 rings (SSSR count). The van der Waals surface area contributed by atoms with Crippen LogP contribution in [-0.4, -0.2) is 40.0 Å². The molecule has 0 unspecified atom stereocenters. The molecule has 9 nitrogen and oxygen atoms in total. The number of carbonyl (C=O) groups is 2. The van der Waals surface area contributed by atoms with Gasteiger partial charge in [0.25, 0.3) is 5.69 Å². The van der Waals surface area contributed by atoms with E-state index in [2.05, 4.69) is 5.10 Å². The summed E-state index contributed by atoms with van der Waals surface area (Å²) >= 11 is 0. The molecule has 0 atom stereocenters. The predicted octanol–water partition coefficient (Wildman–Crippen LogP) is 2.64. The van der Waals surface area contributed by atoms with Crippen molar-refractivity contribution < 1.29 is 24.0 Å². The number of hydrogen-bond acceptors (Lipinski definition) is 7. The maximum atomic E-state index is 12.0. The predicted molar refractivity (Wildman–Crippen MR) is 82.7 cm³/mol. The summed E-state index contributed by atoms with van der Waals surface area (Å²) in [6.07, 6.45) is -0.836. The number of esters is 1. The Bertz CT molecular complexity index is 748. The first-order chi connectivity index (χ1) is 11.5. The number of benzene rings is 1. The van der Waals surface area contributed by atoms with E-state index in [1.54, 1.807) is 19.9 Å². The third-order valence-corrected chi connectivity index (χ3v) is 2.99. The number of nitro benzene ring substituents is 1. The smallest absolute Gasteiger partial charge is 0.435 e. The molecule has 0 fully saturated rings. The number of ether oxygens (including phenoxy) is 2.